The molecule has 0 aliphatic heterocycles. The number of methoxy groups -OCH3 is 1. The van der Waals surface area contributed by atoms with E-state index in [2.05, 4.69) is 27.5 Å². The van der Waals surface area contributed by atoms with Crippen LogP contribution in [0.2, 0.25) is 0 Å². The Hall–Kier alpha value is -2.15. The Morgan fingerprint density at radius 3 is 2.71 bits per heavy atom. The maximum Gasteiger partial charge on any atom is 0.191 e. The highest BCUT2D eigenvalue weighted by atomic mass is 32.1. The van der Waals surface area contributed by atoms with E-state index in [-0.39, 0.29) is 11.6 Å². The summed E-state index contributed by atoms with van der Waals surface area (Å²) in [5, 5.41) is 7.45. The third kappa shape index (κ3) is 4.92. The number of nitrogens with zero attached hydrogens (tertiary/aromatic N) is 2. The van der Waals surface area contributed by atoms with Gasteiger partial charge in [0.05, 0.1) is 25.9 Å². The van der Waals surface area contributed by atoms with Gasteiger partial charge in [-0.3, -0.25) is 0 Å². The molecular weight excluding hydrogens is 327 g/mol. The number of aryl methyl sites for hydroxylation is 2. The van der Waals surface area contributed by atoms with Crippen LogP contribution >= 0.6 is 11.3 Å². The van der Waals surface area contributed by atoms with Crippen molar-refractivity contribution in [3.8, 4) is 5.75 Å². The number of aromatic nitrogens is 1. The maximum atomic E-state index is 13.7. The summed E-state index contributed by atoms with van der Waals surface area (Å²) >= 11 is 1.68. The van der Waals surface area contributed by atoms with E-state index in [4.69, 9.17) is 4.74 Å². The Labute approximate surface area is 146 Å². The van der Waals surface area contributed by atoms with Crippen molar-refractivity contribution in [1.82, 2.24) is 15.6 Å². The van der Waals surface area contributed by atoms with Crippen LogP contribution in [0.15, 0.2) is 23.2 Å². The Bertz CT molecular complexity index is 695. The fourth-order valence-electron chi connectivity index (χ4n) is 2.09. The molecule has 2 rings (SSSR count). The molecule has 0 bridgehead atoms. The van der Waals surface area contributed by atoms with Gasteiger partial charge in [0.15, 0.2) is 17.5 Å². The summed E-state index contributed by atoms with van der Waals surface area (Å²) in [6.07, 6.45) is 0. The van der Waals surface area contributed by atoms with E-state index < -0.39 is 0 Å². The zero-order valence-electron chi connectivity index (χ0n) is 14.4. The summed E-state index contributed by atoms with van der Waals surface area (Å²) in [6, 6.07) is 4.86. The van der Waals surface area contributed by atoms with Gasteiger partial charge in [-0.15, -0.1) is 11.3 Å². The largest absolute Gasteiger partial charge is 0.494 e. The molecule has 0 aliphatic carbocycles. The van der Waals surface area contributed by atoms with Gasteiger partial charge in [0.2, 0.25) is 0 Å². The number of aliphatic imine (C=N–C) groups is 1. The van der Waals surface area contributed by atoms with Crippen molar-refractivity contribution in [3.63, 3.8) is 0 Å². The van der Waals surface area contributed by atoms with Gasteiger partial charge in [0.25, 0.3) is 0 Å². The summed E-state index contributed by atoms with van der Waals surface area (Å²) in [7, 11) is 1.45. The van der Waals surface area contributed by atoms with Crippen LogP contribution in [0.1, 0.15) is 28.1 Å². The van der Waals surface area contributed by atoms with Crippen molar-refractivity contribution < 1.29 is 9.13 Å². The van der Waals surface area contributed by atoms with E-state index in [0.717, 1.165) is 22.8 Å². The predicted octanol–water partition coefficient (Wildman–Crippen LogP) is 3.16. The van der Waals surface area contributed by atoms with E-state index in [0.29, 0.717) is 19.0 Å². The molecule has 0 saturated carbocycles. The second kappa shape index (κ2) is 8.63. The molecule has 24 heavy (non-hydrogen) atoms. The van der Waals surface area contributed by atoms with Crippen LogP contribution in [0.3, 0.4) is 0 Å². The van der Waals surface area contributed by atoms with E-state index in [9.17, 15) is 4.39 Å². The number of halogens is 1. The van der Waals surface area contributed by atoms with Gasteiger partial charge < -0.3 is 15.4 Å². The van der Waals surface area contributed by atoms with Crippen molar-refractivity contribution in [2.45, 2.75) is 33.9 Å². The van der Waals surface area contributed by atoms with Crippen LogP contribution in [-0.4, -0.2) is 24.6 Å². The minimum absolute atomic E-state index is 0.238. The molecular formula is C17H23FN4OS. The highest BCUT2D eigenvalue weighted by Crippen LogP contribution is 2.18. The van der Waals surface area contributed by atoms with Gasteiger partial charge in [-0.2, -0.15) is 0 Å². The summed E-state index contributed by atoms with van der Waals surface area (Å²) in [5.74, 6) is 0.540. The SMILES string of the molecule is CCNC(=NCc1ccc(OC)c(F)c1)NCc1nc(C)c(C)s1. The van der Waals surface area contributed by atoms with Crippen molar-refractivity contribution in [2.75, 3.05) is 13.7 Å². The number of guanidine groups is 1. The lowest BCUT2D eigenvalue weighted by molar-refractivity contribution is 0.386. The van der Waals surface area contributed by atoms with E-state index in [1.54, 1.807) is 17.4 Å². The van der Waals surface area contributed by atoms with Gasteiger partial charge in [0.1, 0.15) is 5.01 Å². The lowest BCUT2D eigenvalue weighted by Gasteiger charge is -2.10. The Balaban J connectivity index is 2.00. The van der Waals surface area contributed by atoms with Crippen molar-refractivity contribution in [3.05, 3.63) is 45.2 Å². The van der Waals surface area contributed by atoms with Crippen LogP contribution in [0.5, 0.6) is 5.75 Å². The van der Waals surface area contributed by atoms with Gasteiger partial charge in [-0.25, -0.2) is 14.4 Å². The molecule has 2 N–H and O–H groups in total. The van der Waals surface area contributed by atoms with Crippen molar-refractivity contribution >= 4 is 17.3 Å². The summed E-state index contributed by atoms with van der Waals surface area (Å²) in [6.45, 7) is 7.82. The van der Waals surface area contributed by atoms with Crippen LogP contribution in [0.4, 0.5) is 4.39 Å². The van der Waals surface area contributed by atoms with E-state index in [1.165, 1.54) is 18.1 Å². The molecule has 0 unspecified atom stereocenters. The van der Waals surface area contributed by atoms with Crippen molar-refractivity contribution in [2.24, 2.45) is 4.99 Å². The Morgan fingerprint density at radius 1 is 1.33 bits per heavy atom. The molecule has 0 saturated heterocycles. The molecule has 0 radical (unpaired) electrons. The van der Waals surface area contributed by atoms with Crippen LogP contribution in [0.25, 0.3) is 0 Å². The first-order valence-corrected chi connectivity index (χ1v) is 8.62. The minimum Gasteiger partial charge on any atom is -0.494 e. The molecule has 0 amide bonds. The second-order valence-electron chi connectivity index (χ2n) is 5.27. The molecule has 1 aromatic heterocycles. The van der Waals surface area contributed by atoms with E-state index >= 15 is 0 Å². The topological polar surface area (TPSA) is 58.5 Å². The zero-order chi connectivity index (χ0) is 17.5. The first-order valence-electron chi connectivity index (χ1n) is 7.81. The molecule has 1 heterocycles. The van der Waals surface area contributed by atoms with Gasteiger partial charge in [-0.1, -0.05) is 6.07 Å². The fourth-order valence-corrected chi connectivity index (χ4v) is 2.97. The van der Waals surface area contributed by atoms with E-state index in [1.807, 2.05) is 19.9 Å². The monoisotopic (exact) mass is 350 g/mol. The van der Waals surface area contributed by atoms with Crippen LogP contribution < -0.4 is 15.4 Å². The maximum absolute atomic E-state index is 13.7. The number of benzene rings is 1. The standard InChI is InChI=1S/C17H23FN4OS/c1-5-19-17(21-10-16-22-11(2)12(3)24-16)20-9-13-6-7-15(23-4)14(18)8-13/h6-8H,5,9-10H2,1-4H3,(H2,19,20,21). The summed E-state index contributed by atoms with van der Waals surface area (Å²) in [5.41, 5.74) is 1.85. The van der Waals surface area contributed by atoms with Gasteiger partial charge in [0, 0.05) is 11.4 Å². The highest BCUT2D eigenvalue weighted by molar-refractivity contribution is 7.11. The summed E-state index contributed by atoms with van der Waals surface area (Å²) in [4.78, 5) is 10.2. The number of ether oxygens (including phenoxy) is 1. The molecule has 7 heteroatoms. The first kappa shape index (κ1) is 18.2. The smallest absolute Gasteiger partial charge is 0.191 e. The third-order valence-electron chi connectivity index (χ3n) is 3.46. The molecule has 2 aromatic rings. The van der Waals surface area contributed by atoms with Gasteiger partial charge >= 0.3 is 0 Å². The molecule has 130 valence electrons. The fraction of sp³-hybridized carbons (Fsp3) is 0.412. The van der Waals surface area contributed by atoms with Crippen LogP contribution in [-0.2, 0) is 13.1 Å². The second-order valence-corrected chi connectivity index (χ2v) is 6.55. The number of nitrogens with one attached hydrogen (secondary N) is 2. The number of rotatable bonds is 6. The van der Waals surface area contributed by atoms with Gasteiger partial charge in [-0.05, 0) is 38.5 Å². The molecule has 0 aliphatic rings. The number of thiazole rings is 1. The third-order valence-corrected chi connectivity index (χ3v) is 4.53. The van der Waals surface area contributed by atoms with Crippen LogP contribution in [0, 0.1) is 19.7 Å². The molecule has 0 atom stereocenters. The Morgan fingerprint density at radius 2 is 2.12 bits per heavy atom. The summed E-state index contributed by atoms with van der Waals surface area (Å²) < 4.78 is 18.6. The minimum atomic E-state index is -0.378. The molecule has 0 spiro atoms. The average molecular weight is 350 g/mol. The zero-order valence-corrected chi connectivity index (χ0v) is 15.3. The lowest BCUT2D eigenvalue weighted by Crippen LogP contribution is -2.36. The first-order chi connectivity index (χ1) is 11.5. The normalized spacial score (nSPS) is 11.5. The highest BCUT2D eigenvalue weighted by Gasteiger charge is 2.06. The Kier molecular flexibility index (Phi) is 6.54. The number of hydrogen-bond acceptors (Lipinski definition) is 4. The molecule has 0 fully saturated rings. The predicted molar refractivity (Wildman–Crippen MR) is 96.2 cm³/mol. The average Bonchev–Trinajstić information content (AvgIpc) is 2.88. The quantitative estimate of drug-likeness (QED) is 0.621. The lowest BCUT2D eigenvalue weighted by atomic mass is 10.2. The molecule has 1 aromatic carbocycles. The number of hydrogen-bond donors (Lipinski definition) is 2. The molecule has 5 nitrogen and oxygen atoms in total. The van der Waals surface area contributed by atoms with Crippen molar-refractivity contribution in [1.29, 1.82) is 0 Å².